The lowest BCUT2D eigenvalue weighted by atomic mass is 9.91. The number of carbonyl (C=O) groups is 2. The van der Waals surface area contributed by atoms with E-state index in [9.17, 15) is 9.59 Å². The minimum absolute atomic E-state index is 0.295. The Morgan fingerprint density at radius 2 is 1.83 bits per heavy atom. The number of hydrogen-bond acceptors (Lipinski definition) is 3. The first kappa shape index (κ1) is 12.6. The molecule has 0 aromatic heterocycles. The van der Waals surface area contributed by atoms with Crippen molar-refractivity contribution in [2.45, 2.75) is 20.4 Å². The average molecular weight is 247 g/mol. The number of nitrogens with zero attached hydrogens (tertiary/aromatic N) is 1. The molecule has 1 aliphatic heterocycles. The molecule has 0 bridgehead atoms. The van der Waals surface area contributed by atoms with E-state index in [1.807, 2.05) is 24.3 Å². The molecule has 1 aliphatic rings. The molecule has 2 rings (SSSR count). The van der Waals surface area contributed by atoms with Crippen molar-refractivity contribution in [3.63, 3.8) is 0 Å². The predicted molar refractivity (Wildman–Crippen MR) is 67.2 cm³/mol. The number of Topliss-reactive ketones (excluding diaryl/α,β-unsaturated/α-hetero) is 1. The lowest BCUT2D eigenvalue weighted by Crippen LogP contribution is -2.26. The highest BCUT2D eigenvalue weighted by atomic mass is 16.5. The van der Waals surface area contributed by atoms with Crippen molar-refractivity contribution in [1.82, 2.24) is 4.90 Å². The lowest BCUT2D eigenvalue weighted by Gasteiger charge is -2.18. The molecule has 0 radical (unpaired) electrons. The molecule has 4 heteroatoms. The van der Waals surface area contributed by atoms with Crippen LogP contribution in [0.1, 0.15) is 19.4 Å². The minimum Gasteiger partial charge on any atom is -0.497 e. The second kappa shape index (κ2) is 4.44. The van der Waals surface area contributed by atoms with E-state index in [2.05, 4.69) is 0 Å². The molecule has 1 heterocycles. The van der Waals surface area contributed by atoms with Gasteiger partial charge >= 0.3 is 0 Å². The van der Waals surface area contributed by atoms with Crippen LogP contribution < -0.4 is 4.74 Å². The molecule has 0 N–H and O–H groups in total. The van der Waals surface area contributed by atoms with Gasteiger partial charge in [-0.3, -0.25) is 9.59 Å². The van der Waals surface area contributed by atoms with Crippen molar-refractivity contribution in [2.75, 3.05) is 13.7 Å². The first-order valence-corrected chi connectivity index (χ1v) is 5.91. The van der Waals surface area contributed by atoms with Gasteiger partial charge in [-0.05, 0) is 17.7 Å². The van der Waals surface area contributed by atoms with E-state index in [1.165, 1.54) is 0 Å². The van der Waals surface area contributed by atoms with Crippen LogP contribution in [-0.2, 0) is 16.1 Å². The van der Waals surface area contributed by atoms with Gasteiger partial charge in [0.15, 0.2) is 0 Å². The molecule has 1 saturated heterocycles. The molecular formula is C14H17NO3. The number of benzene rings is 1. The van der Waals surface area contributed by atoms with Crippen LogP contribution in [0.4, 0.5) is 0 Å². The SMILES string of the molecule is COc1ccc(CN2CC(C)(C)C(=O)C2=O)cc1. The van der Waals surface area contributed by atoms with Gasteiger partial charge in [0.25, 0.3) is 5.91 Å². The van der Waals surface area contributed by atoms with Crippen molar-refractivity contribution in [2.24, 2.45) is 5.41 Å². The van der Waals surface area contributed by atoms with Gasteiger partial charge in [-0.15, -0.1) is 0 Å². The highest BCUT2D eigenvalue weighted by Crippen LogP contribution is 2.28. The zero-order valence-corrected chi connectivity index (χ0v) is 10.9. The molecule has 0 saturated carbocycles. The van der Waals surface area contributed by atoms with Crippen LogP contribution in [0.5, 0.6) is 5.75 Å². The fourth-order valence-corrected chi connectivity index (χ4v) is 2.13. The molecule has 1 amide bonds. The van der Waals surface area contributed by atoms with Gasteiger partial charge in [0.2, 0.25) is 5.78 Å². The molecule has 1 fully saturated rings. The van der Waals surface area contributed by atoms with Crippen LogP contribution in [0.3, 0.4) is 0 Å². The molecule has 18 heavy (non-hydrogen) atoms. The Morgan fingerprint density at radius 1 is 1.22 bits per heavy atom. The normalized spacial score (nSPS) is 18.3. The average Bonchev–Trinajstić information content (AvgIpc) is 2.54. The van der Waals surface area contributed by atoms with E-state index in [1.54, 1.807) is 25.9 Å². The largest absolute Gasteiger partial charge is 0.497 e. The molecule has 0 aliphatic carbocycles. The third-order valence-electron chi connectivity index (χ3n) is 3.21. The van der Waals surface area contributed by atoms with Gasteiger partial charge in [-0.25, -0.2) is 0 Å². The number of amides is 1. The number of ketones is 1. The van der Waals surface area contributed by atoms with Crippen LogP contribution in [0.25, 0.3) is 0 Å². The molecular weight excluding hydrogens is 230 g/mol. The Balaban J connectivity index is 2.10. The van der Waals surface area contributed by atoms with Gasteiger partial charge in [-0.1, -0.05) is 26.0 Å². The van der Waals surface area contributed by atoms with Crippen molar-refractivity contribution in [3.8, 4) is 5.75 Å². The zero-order valence-electron chi connectivity index (χ0n) is 10.9. The van der Waals surface area contributed by atoms with Gasteiger partial charge in [0.05, 0.1) is 12.5 Å². The Labute approximate surface area is 107 Å². The van der Waals surface area contributed by atoms with E-state index in [0.717, 1.165) is 11.3 Å². The summed E-state index contributed by atoms with van der Waals surface area (Å²) in [5, 5.41) is 0. The van der Waals surface area contributed by atoms with E-state index < -0.39 is 5.41 Å². The fraction of sp³-hybridized carbons (Fsp3) is 0.429. The number of rotatable bonds is 3. The molecule has 1 aromatic carbocycles. The van der Waals surface area contributed by atoms with E-state index in [-0.39, 0.29) is 11.7 Å². The quantitative estimate of drug-likeness (QED) is 0.763. The third-order valence-corrected chi connectivity index (χ3v) is 3.21. The Morgan fingerprint density at radius 3 is 2.28 bits per heavy atom. The summed E-state index contributed by atoms with van der Waals surface area (Å²) in [4.78, 5) is 25.1. The summed E-state index contributed by atoms with van der Waals surface area (Å²) in [5.74, 6) is 0.106. The molecule has 0 unspecified atom stereocenters. The summed E-state index contributed by atoms with van der Waals surface area (Å²) in [7, 11) is 1.61. The van der Waals surface area contributed by atoms with Crippen molar-refractivity contribution in [1.29, 1.82) is 0 Å². The fourth-order valence-electron chi connectivity index (χ4n) is 2.13. The summed E-state index contributed by atoms with van der Waals surface area (Å²) in [6.07, 6.45) is 0. The first-order valence-electron chi connectivity index (χ1n) is 5.91. The predicted octanol–water partition coefficient (Wildman–Crippen LogP) is 1.63. The maximum Gasteiger partial charge on any atom is 0.290 e. The van der Waals surface area contributed by atoms with Crippen molar-refractivity contribution < 1.29 is 14.3 Å². The number of hydrogen-bond donors (Lipinski definition) is 0. The van der Waals surface area contributed by atoms with Gasteiger partial charge in [0.1, 0.15) is 5.75 Å². The van der Waals surface area contributed by atoms with Crippen LogP contribution >= 0.6 is 0 Å². The summed E-state index contributed by atoms with van der Waals surface area (Å²) < 4.78 is 5.08. The van der Waals surface area contributed by atoms with E-state index >= 15 is 0 Å². The first-order chi connectivity index (χ1) is 8.44. The van der Waals surface area contributed by atoms with Crippen molar-refractivity contribution >= 4 is 11.7 Å². The monoisotopic (exact) mass is 247 g/mol. The highest BCUT2D eigenvalue weighted by molar-refractivity contribution is 6.39. The summed E-state index contributed by atoms with van der Waals surface area (Å²) in [6.45, 7) is 4.57. The zero-order chi connectivity index (χ0) is 13.3. The van der Waals surface area contributed by atoms with Crippen LogP contribution in [0, 0.1) is 5.41 Å². The Kier molecular flexibility index (Phi) is 3.11. The molecule has 1 aromatic rings. The third kappa shape index (κ3) is 2.23. The maximum absolute atomic E-state index is 11.8. The molecule has 4 nitrogen and oxygen atoms in total. The van der Waals surface area contributed by atoms with Gasteiger partial charge in [0, 0.05) is 13.1 Å². The molecule has 0 atom stereocenters. The van der Waals surface area contributed by atoms with Crippen molar-refractivity contribution in [3.05, 3.63) is 29.8 Å². The van der Waals surface area contributed by atoms with E-state index in [0.29, 0.717) is 13.1 Å². The number of methoxy groups -OCH3 is 1. The number of ether oxygens (including phenoxy) is 1. The Hall–Kier alpha value is -1.84. The summed E-state index contributed by atoms with van der Waals surface area (Å²) in [5.41, 5.74) is 0.429. The smallest absolute Gasteiger partial charge is 0.290 e. The molecule has 0 spiro atoms. The van der Waals surface area contributed by atoms with Crippen LogP contribution in [0.15, 0.2) is 24.3 Å². The van der Waals surface area contributed by atoms with Crippen LogP contribution in [0.2, 0.25) is 0 Å². The number of likely N-dealkylation sites (tertiary alicyclic amines) is 1. The highest BCUT2D eigenvalue weighted by Gasteiger charge is 2.44. The number of carbonyl (C=O) groups excluding carboxylic acids is 2. The second-order valence-corrected chi connectivity index (χ2v) is 5.22. The standard InChI is InChI=1S/C14H17NO3/c1-14(2)9-15(13(17)12(14)16)8-10-4-6-11(18-3)7-5-10/h4-7H,8-9H2,1-3H3. The summed E-state index contributed by atoms with van der Waals surface area (Å²) in [6, 6.07) is 7.51. The molecule has 96 valence electrons. The summed E-state index contributed by atoms with van der Waals surface area (Å²) >= 11 is 0. The minimum atomic E-state index is -0.566. The van der Waals surface area contributed by atoms with E-state index in [4.69, 9.17) is 4.74 Å². The maximum atomic E-state index is 11.8. The topological polar surface area (TPSA) is 46.6 Å². The van der Waals surface area contributed by atoms with Gasteiger partial charge < -0.3 is 9.64 Å². The Bertz CT molecular complexity index is 476. The van der Waals surface area contributed by atoms with Crippen LogP contribution in [-0.4, -0.2) is 30.2 Å². The van der Waals surface area contributed by atoms with Gasteiger partial charge in [-0.2, -0.15) is 0 Å². The lowest BCUT2D eigenvalue weighted by molar-refractivity contribution is -0.142. The second-order valence-electron chi connectivity index (χ2n) is 5.22.